The van der Waals surface area contributed by atoms with Crippen molar-refractivity contribution in [2.45, 2.75) is 0 Å². The summed E-state index contributed by atoms with van der Waals surface area (Å²) >= 11 is 0. The normalized spacial score (nSPS) is 16.0. The Labute approximate surface area is 82.7 Å². The molecule has 0 bridgehead atoms. The highest BCUT2D eigenvalue weighted by Crippen LogP contribution is 2.01. The van der Waals surface area contributed by atoms with Gasteiger partial charge in [-0.05, 0) is 12.1 Å². The number of pyridine rings is 1. The van der Waals surface area contributed by atoms with Crippen molar-refractivity contribution in [3.8, 4) is 0 Å². The molecule has 1 fully saturated rings. The number of hydrogen-bond donors (Lipinski definition) is 2. The maximum Gasteiger partial charge on any atom is 0.252 e. The average molecular weight is 191 g/mol. The van der Waals surface area contributed by atoms with E-state index in [1.807, 2.05) is 0 Å². The van der Waals surface area contributed by atoms with Gasteiger partial charge in [-0.15, -0.1) is 0 Å². The Hall–Kier alpha value is -1.42. The van der Waals surface area contributed by atoms with Crippen LogP contribution in [0.3, 0.4) is 0 Å². The zero-order valence-corrected chi connectivity index (χ0v) is 7.86. The zero-order chi connectivity index (χ0) is 9.80. The fourth-order valence-electron chi connectivity index (χ4n) is 1.33. The second kappa shape index (κ2) is 4.19. The van der Waals surface area contributed by atoms with Crippen LogP contribution in [0.4, 0.5) is 0 Å². The van der Waals surface area contributed by atoms with Crippen molar-refractivity contribution in [3.63, 3.8) is 0 Å². The van der Waals surface area contributed by atoms with Gasteiger partial charge in [0.25, 0.3) is 5.91 Å². The van der Waals surface area contributed by atoms with Gasteiger partial charge in [-0.25, -0.2) is 0 Å². The highest BCUT2D eigenvalue weighted by Gasteiger charge is 2.17. The van der Waals surface area contributed by atoms with Crippen LogP contribution >= 0.6 is 0 Å². The summed E-state index contributed by atoms with van der Waals surface area (Å²) in [5.41, 5.74) is 0.625. The van der Waals surface area contributed by atoms with Crippen LogP contribution in [0, 0.1) is 5.92 Å². The van der Waals surface area contributed by atoms with Crippen LogP contribution < -0.4 is 10.6 Å². The number of hydrogen-bond acceptors (Lipinski definition) is 3. The Morgan fingerprint density at radius 3 is 3.07 bits per heavy atom. The lowest BCUT2D eigenvalue weighted by molar-refractivity contribution is 0.0942. The summed E-state index contributed by atoms with van der Waals surface area (Å²) in [5.74, 6) is 0.556. The number of nitrogens with zero attached hydrogens (tertiary/aromatic N) is 1. The maximum absolute atomic E-state index is 11.5. The lowest BCUT2D eigenvalue weighted by Crippen LogP contribution is -2.48. The van der Waals surface area contributed by atoms with Crippen molar-refractivity contribution >= 4 is 5.91 Å². The van der Waals surface area contributed by atoms with Gasteiger partial charge in [0.2, 0.25) is 0 Å². The summed E-state index contributed by atoms with van der Waals surface area (Å²) in [4.78, 5) is 15.4. The number of amides is 1. The number of nitrogens with one attached hydrogen (secondary N) is 2. The monoisotopic (exact) mass is 191 g/mol. The van der Waals surface area contributed by atoms with E-state index >= 15 is 0 Å². The molecule has 2 N–H and O–H groups in total. The Morgan fingerprint density at radius 1 is 1.64 bits per heavy atom. The summed E-state index contributed by atoms with van der Waals surface area (Å²) < 4.78 is 0. The van der Waals surface area contributed by atoms with Gasteiger partial charge >= 0.3 is 0 Å². The molecule has 0 spiro atoms. The molecule has 0 unspecified atom stereocenters. The first-order valence-corrected chi connectivity index (χ1v) is 4.75. The van der Waals surface area contributed by atoms with Gasteiger partial charge in [0.1, 0.15) is 0 Å². The van der Waals surface area contributed by atoms with E-state index in [1.165, 1.54) is 0 Å². The topological polar surface area (TPSA) is 54.0 Å². The van der Waals surface area contributed by atoms with Crippen molar-refractivity contribution in [2.24, 2.45) is 5.92 Å². The third-order valence-corrected chi connectivity index (χ3v) is 2.34. The lowest BCUT2D eigenvalue weighted by atomic mass is 10.0. The minimum absolute atomic E-state index is 0.0370. The van der Waals surface area contributed by atoms with Crippen LogP contribution in [0.15, 0.2) is 24.5 Å². The van der Waals surface area contributed by atoms with Crippen molar-refractivity contribution in [1.82, 2.24) is 15.6 Å². The van der Waals surface area contributed by atoms with E-state index in [1.54, 1.807) is 24.5 Å². The van der Waals surface area contributed by atoms with Gasteiger partial charge in [0.15, 0.2) is 0 Å². The van der Waals surface area contributed by atoms with Gasteiger partial charge in [0, 0.05) is 37.9 Å². The highest BCUT2D eigenvalue weighted by molar-refractivity contribution is 5.93. The minimum Gasteiger partial charge on any atom is -0.352 e. The molecule has 1 amide bonds. The molecule has 4 heteroatoms. The predicted molar refractivity (Wildman–Crippen MR) is 52.9 cm³/mol. The van der Waals surface area contributed by atoms with Gasteiger partial charge in [-0.2, -0.15) is 0 Å². The molecule has 1 aromatic rings. The number of carbonyl (C=O) groups excluding carboxylic acids is 1. The first-order valence-electron chi connectivity index (χ1n) is 4.75. The molecular formula is C10H13N3O. The van der Waals surface area contributed by atoms with Gasteiger partial charge in [0.05, 0.1) is 5.56 Å². The van der Waals surface area contributed by atoms with Crippen molar-refractivity contribution in [3.05, 3.63) is 30.1 Å². The minimum atomic E-state index is -0.0370. The van der Waals surface area contributed by atoms with Crippen LogP contribution in [0.1, 0.15) is 10.4 Å². The Balaban J connectivity index is 1.83. The Morgan fingerprint density at radius 2 is 2.50 bits per heavy atom. The van der Waals surface area contributed by atoms with E-state index in [9.17, 15) is 4.79 Å². The smallest absolute Gasteiger partial charge is 0.252 e. The average Bonchev–Trinajstić information content (AvgIpc) is 2.16. The van der Waals surface area contributed by atoms with E-state index in [-0.39, 0.29) is 5.91 Å². The summed E-state index contributed by atoms with van der Waals surface area (Å²) in [5, 5.41) is 6.04. The Bertz CT molecular complexity index is 308. The van der Waals surface area contributed by atoms with Gasteiger partial charge in [-0.1, -0.05) is 0 Å². The summed E-state index contributed by atoms with van der Waals surface area (Å²) in [6, 6.07) is 3.53. The molecule has 14 heavy (non-hydrogen) atoms. The van der Waals surface area contributed by atoms with E-state index in [4.69, 9.17) is 0 Å². The summed E-state index contributed by atoms with van der Waals surface area (Å²) in [6.07, 6.45) is 3.24. The second-order valence-electron chi connectivity index (χ2n) is 3.48. The van der Waals surface area contributed by atoms with Gasteiger partial charge in [-0.3, -0.25) is 9.78 Å². The second-order valence-corrected chi connectivity index (χ2v) is 3.48. The van der Waals surface area contributed by atoms with Gasteiger partial charge < -0.3 is 10.6 Å². The largest absolute Gasteiger partial charge is 0.352 e. The van der Waals surface area contributed by atoms with Crippen LogP contribution in [0.2, 0.25) is 0 Å². The fourth-order valence-corrected chi connectivity index (χ4v) is 1.33. The Kier molecular flexibility index (Phi) is 2.74. The highest BCUT2D eigenvalue weighted by atomic mass is 16.1. The van der Waals surface area contributed by atoms with Crippen molar-refractivity contribution < 1.29 is 4.79 Å². The molecule has 0 aliphatic carbocycles. The third kappa shape index (κ3) is 2.09. The van der Waals surface area contributed by atoms with Crippen LogP contribution in [0.25, 0.3) is 0 Å². The molecule has 74 valence electrons. The molecule has 1 aliphatic rings. The SMILES string of the molecule is O=C(NCC1CNC1)c1cccnc1. The standard InChI is InChI=1S/C10H13N3O/c14-10(9-2-1-3-11-7-9)13-6-8-4-12-5-8/h1-3,7-8,12H,4-6H2,(H,13,14). The molecule has 1 aliphatic heterocycles. The van der Waals surface area contributed by atoms with Crippen molar-refractivity contribution in [1.29, 1.82) is 0 Å². The van der Waals surface area contributed by atoms with E-state index in [2.05, 4.69) is 15.6 Å². The molecule has 0 saturated carbocycles. The molecule has 2 rings (SSSR count). The van der Waals surface area contributed by atoms with Crippen LogP contribution in [0.5, 0.6) is 0 Å². The number of carbonyl (C=O) groups is 1. The summed E-state index contributed by atoms with van der Waals surface area (Å²) in [7, 11) is 0. The quantitative estimate of drug-likeness (QED) is 0.708. The number of rotatable bonds is 3. The first kappa shape index (κ1) is 9.15. The van der Waals surface area contributed by atoms with E-state index in [0.717, 1.165) is 19.6 Å². The maximum atomic E-state index is 11.5. The third-order valence-electron chi connectivity index (χ3n) is 2.34. The first-order chi connectivity index (χ1) is 6.86. The fraction of sp³-hybridized carbons (Fsp3) is 0.400. The molecule has 1 saturated heterocycles. The van der Waals surface area contributed by atoms with Crippen LogP contribution in [-0.2, 0) is 0 Å². The summed E-state index contributed by atoms with van der Waals surface area (Å²) in [6.45, 7) is 2.77. The van der Waals surface area contributed by atoms with E-state index < -0.39 is 0 Å². The molecular weight excluding hydrogens is 178 g/mol. The predicted octanol–water partition coefficient (Wildman–Crippen LogP) is 0.0308. The molecule has 1 aromatic heterocycles. The molecule has 0 radical (unpaired) electrons. The molecule has 0 atom stereocenters. The molecule has 4 nitrogen and oxygen atoms in total. The lowest BCUT2D eigenvalue weighted by Gasteiger charge is -2.27. The van der Waals surface area contributed by atoms with Crippen molar-refractivity contribution in [2.75, 3.05) is 19.6 Å². The molecule has 2 heterocycles. The van der Waals surface area contributed by atoms with E-state index in [0.29, 0.717) is 11.5 Å². The molecule has 0 aromatic carbocycles. The number of aromatic nitrogens is 1. The van der Waals surface area contributed by atoms with Crippen LogP contribution in [-0.4, -0.2) is 30.5 Å². The zero-order valence-electron chi connectivity index (χ0n) is 7.86.